The van der Waals surface area contributed by atoms with Gasteiger partial charge in [-0.25, -0.2) is 0 Å². The van der Waals surface area contributed by atoms with Crippen molar-refractivity contribution in [2.45, 2.75) is 38.9 Å². The number of phenols is 1. The molecule has 1 heterocycles. The lowest BCUT2D eigenvalue weighted by Gasteiger charge is -2.07. The van der Waals surface area contributed by atoms with Crippen molar-refractivity contribution in [2.24, 2.45) is 0 Å². The number of hydrogen-bond donors (Lipinski definition) is 2. The number of nitrogens with one attached hydrogen (secondary N) is 1. The van der Waals surface area contributed by atoms with Crippen LogP contribution in [0.2, 0.25) is 0 Å². The summed E-state index contributed by atoms with van der Waals surface area (Å²) in [7, 11) is 0. The van der Waals surface area contributed by atoms with Crippen LogP contribution in [0.4, 0.5) is 0 Å². The maximum atomic E-state index is 9.48. The van der Waals surface area contributed by atoms with E-state index in [4.69, 9.17) is 0 Å². The molecule has 0 radical (unpaired) electrons. The number of phenolic OH excluding ortho intramolecular Hbond substituents is 1. The van der Waals surface area contributed by atoms with Crippen LogP contribution >= 0.6 is 0 Å². The van der Waals surface area contributed by atoms with E-state index in [0.29, 0.717) is 18.3 Å². The molecule has 1 fully saturated rings. The molecule has 0 atom stereocenters. The predicted octanol–water partition coefficient (Wildman–Crippen LogP) is 2.20. The highest BCUT2D eigenvalue weighted by molar-refractivity contribution is 5.28. The van der Waals surface area contributed by atoms with Crippen molar-refractivity contribution in [1.82, 2.24) is 15.1 Å². The van der Waals surface area contributed by atoms with E-state index in [1.54, 1.807) is 12.1 Å². The molecule has 2 N–H and O–H groups in total. The zero-order valence-corrected chi connectivity index (χ0v) is 11.1. The van der Waals surface area contributed by atoms with Gasteiger partial charge >= 0.3 is 0 Å². The van der Waals surface area contributed by atoms with Crippen LogP contribution in [0, 0.1) is 6.92 Å². The van der Waals surface area contributed by atoms with Gasteiger partial charge in [-0.1, -0.05) is 12.1 Å². The minimum Gasteiger partial charge on any atom is -0.508 e. The Kier molecular flexibility index (Phi) is 3.25. The van der Waals surface area contributed by atoms with Crippen LogP contribution in [0.25, 0.3) is 0 Å². The SMILES string of the molecule is Cc1c(CNC2CC2)cnn1Cc1cccc(O)c1. The lowest BCUT2D eigenvalue weighted by atomic mass is 10.2. The summed E-state index contributed by atoms with van der Waals surface area (Å²) in [5.74, 6) is 0.304. The first-order valence-corrected chi connectivity index (χ1v) is 6.75. The molecule has 0 spiro atoms. The molecule has 4 nitrogen and oxygen atoms in total. The first kappa shape index (κ1) is 12.2. The fraction of sp³-hybridized carbons (Fsp3) is 0.400. The molecule has 4 heteroatoms. The van der Waals surface area contributed by atoms with E-state index in [-0.39, 0.29) is 0 Å². The van der Waals surface area contributed by atoms with Crippen molar-refractivity contribution in [3.05, 3.63) is 47.3 Å². The predicted molar refractivity (Wildman–Crippen MR) is 74.0 cm³/mol. The van der Waals surface area contributed by atoms with Gasteiger partial charge in [0.1, 0.15) is 5.75 Å². The molecule has 0 aliphatic heterocycles. The van der Waals surface area contributed by atoms with Crippen molar-refractivity contribution in [2.75, 3.05) is 0 Å². The minimum absolute atomic E-state index is 0.304. The van der Waals surface area contributed by atoms with Crippen LogP contribution in [0.1, 0.15) is 29.7 Å². The first-order chi connectivity index (χ1) is 9.22. The topological polar surface area (TPSA) is 50.1 Å². The van der Waals surface area contributed by atoms with Crippen LogP contribution in [-0.2, 0) is 13.1 Å². The van der Waals surface area contributed by atoms with Crippen molar-refractivity contribution in [3.8, 4) is 5.75 Å². The summed E-state index contributed by atoms with van der Waals surface area (Å²) in [6.07, 6.45) is 4.54. The van der Waals surface area contributed by atoms with Gasteiger partial charge in [-0.05, 0) is 37.5 Å². The Morgan fingerprint density at radius 2 is 2.26 bits per heavy atom. The molecule has 0 amide bonds. The third-order valence-electron chi connectivity index (χ3n) is 3.61. The Labute approximate surface area is 113 Å². The van der Waals surface area contributed by atoms with E-state index in [9.17, 15) is 5.11 Å². The highest BCUT2D eigenvalue weighted by atomic mass is 16.3. The van der Waals surface area contributed by atoms with Gasteiger partial charge in [0.25, 0.3) is 0 Å². The monoisotopic (exact) mass is 257 g/mol. The van der Waals surface area contributed by atoms with E-state index in [0.717, 1.165) is 12.1 Å². The fourth-order valence-electron chi connectivity index (χ4n) is 2.19. The summed E-state index contributed by atoms with van der Waals surface area (Å²) in [4.78, 5) is 0. The maximum Gasteiger partial charge on any atom is 0.115 e. The van der Waals surface area contributed by atoms with Gasteiger partial charge < -0.3 is 10.4 Å². The van der Waals surface area contributed by atoms with Crippen molar-refractivity contribution in [1.29, 1.82) is 0 Å². The van der Waals surface area contributed by atoms with E-state index in [1.165, 1.54) is 24.1 Å². The van der Waals surface area contributed by atoms with Gasteiger partial charge in [-0.3, -0.25) is 4.68 Å². The van der Waals surface area contributed by atoms with Gasteiger partial charge in [0.05, 0.1) is 12.7 Å². The van der Waals surface area contributed by atoms with E-state index in [2.05, 4.69) is 17.3 Å². The van der Waals surface area contributed by atoms with E-state index in [1.807, 2.05) is 23.0 Å². The summed E-state index contributed by atoms with van der Waals surface area (Å²) in [6.45, 7) is 3.69. The molecule has 0 bridgehead atoms. The van der Waals surface area contributed by atoms with Crippen LogP contribution in [0.5, 0.6) is 5.75 Å². The molecule has 1 aliphatic rings. The third kappa shape index (κ3) is 2.96. The minimum atomic E-state index is 0.304. The molecule has 0 saturated heterocycles. The molecule has 100 valence electrons. The van der Waals surface area contributed by atoms with Gasteiger partial charge in [0.15, 0.2) is 0 Å². The number of nitrogens with zero attached hydrogens (tertiary/aromatic N) is 2. The number of benzene rings is 1. The van der Waals surface area contributed by atoms with Crippen molar-refractivity contribution < 1.29 is 5.11 Å². The van der Waals surface area contributed by atoms with Crippen LogP contribution in [0.3, 0.4) is 0 Å². The summed E-state index contributed by atoms with van der Waals surface area (Å²) in [5, 5.41) is 17.4. The lowest BCUT2D eigenvalue weighted by Crippen LogP contribution is -2.15. The number of rotatable bonds is 5. The molecular formula is C15H19N3O. The molecule has 3 rings (SSSR count). The van der Waals surface area contributed by atoms with Gasteiger partial charge in [0, 0.05) is 23.8 Å². The normalized spacial score (nSPS) is 14.8. The summed E-state index contributed by atoms with van der Waals surface area (Å²) >= 11 is 0. The second kappa shape index (κ2) is 5.05. The average Bonchev–Trinajstić information content (AvgIpc) is 3.15. The number of aromatic nitrogens is 2. The number of aromatic hydroxyl groups is 1. The maximum absolute atomic E-state index is 9.48. The molecule has 1 aliphatic carbocycles. The molecule has 1 aromatic heterocycles. The lowest BCUT2D eigenvalue weighted by molar-refractivity contribution is 0.474. The van der Waals surface area contributed by atoms with E-state index >= 15 is 0 Å². The molecule has 1 saturated carbocycles. The Hall–Kier alpha value is -1.81. The summed E-state index contributed by atoms with van der Waals surface area (Å²) in [6, 6.07) is 8.05. The Balaban J connectivity index is 1.70. The van der Waals surface area contributed by atoms with Gasteiger partial charge in [-0.15, -0.1) is 0 Å². The summed E-state index contributed by atoms with van der Waals surface area (Å²) in [5.41, 5.74) is 3.51. The van der Waals surface area contributed by atoms with Crippen molar-refractivity contribution >= 4 is 0 Å². The van der Waals surface area contributed by atoms with E-state index < -0.39 is 0 Å². The summed E-state index contributed by atoms with van der Waals surface area (Å²) < 4.78 is 1.98. The van der Waals surface area contributed by atoms with Crippen LogP contribution in [-0.4, -0.2) is 20.9 Å². The third-order valence-corrected chi connectivity index (χ3v) is 3.61. The highest BCUT2D eigenvalue weighted by Crippen LogP contribution is 2.20. The van der Waals surface area contributed by atoms with Crippen molar-refractivity contribution in [3.63, 3.8) is 0 Å². The number of hydrogen-bond acceptors (Lipinski definition) is 3. The molecular weight excluding hydrogens is 238 g/mol. The van der Waals surface area contributed by atoms with Crippen LogP contribution in [0.15, 0.2) is 30.5 Å². The fourth-order valence-corrected chi connectivity index (χ4v) is 2.19. The Morgan fingerprint density at radius 3 is 3.00 bits per heavy atom. The second-order valence-corrected chi connectivity index (χ2v) is 5.24. The smallest absolute Gasteiger partial charge is 0.115 e. The Morgan fingerprint density at radius 1 is 1.42 bits per heavy atom. The van der Waals surface area contributed by atoms with Gasteiger partial charge in [-0.2, -0.15) is 5.10 Å². The molecule has 1 aromatic carbocycles. The molecule has 0 unspecified atom stereocenters. The molecule has 2 aromatic rings. The van der Waals surface area contributed by atoms with Gasteiger partial charge in [0.2, 0.25) is 0 Å². The highest BCUT2D eigenvalue weighted by Gasteiger charge is 2.20. The first-order valence-electron chi connectivity index (χ1n) is 6.75. The quantitative estimate of drug-likeness (QED) is 0.863. The van der Waals surface area contributed by atoms with Crippen LogP contribution < -0.4 is 5.32 Å². The zero-order valence-electron chi connectivity index (χ0n) is 11.1. The Bertz CT molecular complexity index is 573. The second-order valence-electron chi connectivity index (χ2n) is 5.24. The standard InChI is InChI=1S/C15H19N3O/c1-11-13(8-16-14-5-6-14)9-17-18(11)10-12-3-2-4-15(19)7-12/h2-4,7,9,14,16,19H,5-6,8,10H2,1H3. The average molecular weight is 257 g/mol. The largest absolute Gasteiger partial charge is 0.508 e. The molecule has 19 heavy (non-hydrogen) atoms. The zero-order chi connectivity index (χ0) is 13.2.